The van der Waals surface area contributed by atoms with Gasteiger partial charge in [-0.3, -0.25) is 5.43 Å². The number of hydrogen-bond acceptors (Lipinski definition) is 5. The number of thiocarbonyl (C=S) groups is 1. The van der Waals surface area contributed by atoms with Gasteiger partial charge in [-0.05, 0) is 19.1 Å². The van der Waals surface area contributed by atoms with Crippen LogP contribution in [-0.2, 0) is 15.8 Å². The van der Waals surface area contributed by atoms with Crippen LogP contribution in [0.1, 0.15) is 11.5 Å². The summed E-state index contributed by atoms with van der Waals surface area (Å²) in [7, 11) is -3.57. The van der Waals surface area contributed by atoms with E-state index in [1.807, 2.05) is 4.83 Å². The molecule has 0 unspecified atom stereocenters. The van der Waals surface area contributed by atoms with Gasteiger partial charge in [0.15, 0.2) is 5.11 Å². The van der Waals surface area contributed by atoms with Crippen LogP contribution in [0.5, 0.6) is 0 Å². The first-order valence-corrected chi connectivity index (χ1v) is 5.92. The molecule has 0 aliphatic heterocycles. The molecule has 0 bridgehead atoms. The van der Waals surface area contributed by atoms with Crippen molar-refractivity contribution >= 4 is 27.4 Å². The van der Waals surface area contributed by atoms with Crippen molar-refractivity contribution < 1.29 is 12.9 Å². The maximum absolute atomic E-state index is 11.3. The van der Waals surface area contributed by atoms with Crippen molar-refractivity contribution in [1.29, 1.82) is 0 Å². The van der Waals surface area contributed by atoms with Gasteiger partial charge in [-0.2, -0.15) is 0 Å². The SMILES string of the molecule is Cc1cc(CS(=O)(=O)NNC(N)=S)no1. The maximum atomic E-state index is 11.3. The Morgan fingerprint density at radius 3 is 2.87 bits per heavy atom. The Bertz CT molecular complexity index is 453. The molecule has 0 aliphatic carbocycles. The van der Waals surface area contributed by atoms with Crippen LogP contribution in [0.3, 0.4) is 0 Å². The highest BCUT2D eigenvalue weighted by Crippen LogP contribution is 2.04. The van der Waals surface area contributed by atoms with Crippen LogP contribution < -0.4 is 16.0 Å². The van der Waals surface area contributed by atoms with Crippen LogP contribution in [0.15, 0.2) is 10.6 Å². The third-order valence-corrected chi connectivity index (χ3v) is 2.54. The molecule has 84 valence electrons. The number of nitrogens with zero attached hydrogens (tertiary/aromatic N) is 1. The van der Waals surface area contributed by atoms with E-state index < -0.39 is 10.0 Å². The molecule has 4 N–H and O–H groups in total. The van der Waals surface area contributed by atoms with Crippen molar-refractivity contribution in [3.05, 3.63) is 17.5 Å². The minimum atomic E-state index is -3.57. The fourth-order valence-electron chi connectivity index (χ4n) is 0.845. The summed E-state index contributed by atoms with van der Waals surface area (Å²) in [6.45, 7) is 1.67. The smallest absolute Gasteiger partial charge is 0.234 e. The summed E-state index contributed by atoms with van der Waals surface area (Å²) in [6.07, 6.45) is 0. The van der Waals surface area contributed by atoms with E-state index in [1.165, 1.54) is 6.07 Å². The van der Waals surface area contributed by atoms with Crippen molar-refractivity contribution in [3.8, 4) is 0 Å². The van der Waals surface area contributed by atoms with Gasteiger partial charge in [-0.15, -0.1) is 4.83 Å². The third-order valence-electron chi connectivity index (χ3n) is 1.34. The first-order valence-electron chi connectivity index (χ1n) is 3.86. The molecule has 0 saturated heterocycles. The lowest BCUT2D eigenvalue weighted by Gasteiger charge is -2.05. The van der Waals surface area contributed by atoms with Gasteiger partial charge >= 0.3 is 0 Å². The zero-order valence-corrected chi connectivity index (χ0v) is 9.48. The number of aromatic nitrogens is 1. The van der Waals surface area contributed by atoms with Crippen molar-refractivity contribution in [2.24, 2.45) is 5.73 Å². The summed E-state index contributed by atoms with van der Waals surface area (Å²) in [6, 6.07) is 1.53. The van der Waals surface area contributed by atoms with Gasteiger partial charge in [0.1, 0.15) is 17.2 Å². The van der Waals surface area contributed by atoms with Crippen LogP contribution >= 0.6 is 12.2 Å². The molecule has 0 aliphatic rings. The molecule has 0 saturated carbocycles. The predicted octanol–water partition coefficient (Wildman–Crippen LogP) is -0.849. The predicted molar refractivity (Wildman–Crippen MR) is 56.9 cm³/mol. The van der Waals surface area contributed by atoms with E-state index >= 15 is 0 Å². The lowest BCUT2D eigenvalue weighted by atomic mass is 10.4. The molecular formula is C6H10N4O3S2. The standard InChI is InChI=1S/C6H10N4O3S2/c1-4-2-5(9-13-4)3-15(11,12)10-8-6(7)14/h2,10H,3H2,1H3,(H3,7,8,14). The summed E-state index contributed by atoms with van der Waals surface area (Å²) >= 11 is 4.44. The fourth-order valence-corrected chi connectivity index (χ4v) is 1.82. The molecule has 1 aromatic rings. The molecule has 9 heteroatoms. The number of nitrogens with two attached hydrogens (primary N) is 1. The summed E-state index contributed by atoms with van der Waals surface area (Å²) in [5.41, 5.74) is 7.49. The Morgan fingerprint density at radius 1 is 1.73 bits per heavy atom. The van der Waals surface area contributed by atoms with Gasteiger partial charge < -0.3 is 10.3 Å². The molecule has 0 radical (unpaired) electrons. The first-order chi connectivity index (χ1) is 6.89. The van der Waals surface area contributed by atoms with E-state index in [9.17, 15) is 8.42 Å². The van der Waals surface area contributed by atoms with E-state index in [2.05, 4.69) is 22.8 Å². The second-order valence-corrected chi connectivity index (χ2v) is 4.94. The maximum Gasteiger partial charge on any atom is 0.234 e. The van der Waals surface area contributed by atoms with E-state index in [0.717, 1.165) is 0 Å². The van der Waals surface area contributed by atoms with Crippen molar-refractivity contribution in [1.82, 2.24) is 15.4 Å². The lowest BCUT2D eigenvalue weighted by molar-refractivity contribution is 0.392. The van der Waals surface area contributed by atoms with Gasteiger partial charge in [-0.25, -0.2) is 8.42 Å². The zero-order chi connectivity index (χ0) is 11.5. The molecule has 0 amide bonds. The Morgan fingerprint density at radius 2 is 2.40 bits per heavy atom. The molecule has 1 aromatic heterocycles. The van der Waals surface area contributed by atoms with Crippen molar-refractivity contribution in [2.45, 2.75) is 12.7 Å². The summed E-state index contributed by atoms with van der Waals surface area (Å²) < 4.78 is 27.4. The summed E-state index contributed by atoms with van der Waals surface area (Å²) in [5.74, 6) is 0.238. The van der Waals surface area contributed by atoms with Crippen LogP contribution in [-0.4, -0.2) is 18.7 Å². The molecule has 0 atom stereocenters. The van der Waals surface area contributed by atoms with E-state index in [0.29, 0.717) is 11.5 Å². The number of sulfonamides is 1. The fraction of sp³-hybridized carbons (Fsp3) is 0.333. The lowest BCUT2D eigenvalue weighted by Crippen LogP contribution is -2.44. The Labute approximate surface area is 92.0 Å². The van der Waals surface area contributed by atoms with Gasteiger partial charge in [0, 0.05) is 6.07 Å². The number of aryl methyl sites for hydroxylation is 1. The van der Waals surface area contributed by atoms with Gasteiger partial charge in [0.2, 0.25) is 10.0 Å². The summed E-state index contributed by atoms with van der Waals surface area (Å²) in [5, 5.41) is 3.38. The van der Waals surface area contributed by atoms with Crippen LogP contribution in [0.25, 0.3) is 0 Å². The van der Waals surface area contributed by atoms with Gasteiger partial charge in [0.25, 0.3) is 0 Å². The molecule has 0 aromatic carbocycles. The minimum Gasteiger partial charge on any atom is -0.375 e. The third kappa shape index (κ3) is 4.23. The monoisotopic (exact) mass is 250 g/mol. The van der Waals surface area contributed by atoms with Crippen LogP contribution in [0.2, 0.25) is 0 Å². The number of nitrogens with one attached hydrogen (secondary N) is 2. The van der Waals surface area contributed by atoms with Crippen LogP contribution in [0, 0.1) is 6.92 Å². The molecule has 7 nitrogen and oxygen atoms in total. The minimum absolute atomic E-state index is 0.157. The van der Waals surface area contributed by atoms with Crippen LogP contribution in [0.4, 0.5) is 0 Å². The summed E-state index contributed by atoms with van der Waals surface area (Å²) in [4.78, 5) is 1.99. The van der Waals surface area contributed by atoms with E-state index in [4.69, 9.17) is 10.3 Å². The second-order valence-electron chi connectivity index (χ2n) is 2.78. The zero-order valence-electron chi connectivity index (χ0n) is 7.85. The molecule has 1 heterocycles. The quantitative estimate of drug-likeness (QED) is 0.471. The van der Waals surface area contributed by atoms with Crippen molar-refractivity contribution in [3.63, 3.8) is 0 Å². The normalized spacial score (nSPS) is 11.3. The van der Waals surface area contributed by atoms with E-state index in [1.54, 1.807) is 6.92 Å². The average molecular weight is 250 g/mol. The molecule has 0 spiro atoms. The highest BCUT2D eigenvalue weighted by atomic mass is 32.2. The molecular weight excluding hydrogens is 240 g/mol. The Hall–Kier alpha value is -1.19. The highest BCUT2D eigenvalue weighted by molar-refractivity contribution is 7.88. The van der Waals surface area contributed by atoms with Gasteiger partial charge in [0.05, 0.1) is 0 Å². The Balaban J connectivity index is 2.60. The largest absolute Gasteiger partial charge is 0.375 e. The van der Waals surface area contributed by atoms with Gasteiger partial charge in [-0.1, -0.05) is 5.16 Å². The molecule has 1 rings (SSSR count). The second kappa shape index (κ2) is 4.55. The van der Waals surface area contributed by atoms with E-state index in [-0.39, 0.29) is 10.9 Å². The highest BCUT2D eigenvalue weighted by Gasteiger charge is 2.14. The number of hydrogen-bond donors (Lipinski definition) is 3. The first kappa shape index (κ1) is 11.9. The topological polar surface area (TPSA) is 110 Å². The molecule has 0 fully saturated rings. The number of hydrazine groups is 1. The van der Waals surface area contributed by atoms with Crippen molar-refractivity contribution in [2.75, 3.05) is 0 Å². The molecule has 15 heavy (non-hydrogen) atoms. The number of rotatable bonds is 4. The Kier molecular flexibility index (Phi) is 3.61. The average Bonchev–Trinajstić information content (AvgIpc) is 2.47.